The van der Waals surface area contributed by atoms with Gasteiger partial charge in [0.15, 0.2) is 0 Å². The molecule has 0 atom stereocenters. The number of H-pyrrole nitrogens is 1. The maximum Gasteiger partial charge on any atom is 0.222 e. The molecule has 2 aromatic rings. The van der Waals surface area contributed by atoms with Crippen molar-refractivity contribution in [1.29, 1.82) is 0 Å². The highest BCUT2D eigenvalue weighted by Gasteiger charge is 2.38. The van der Waals surface area contributed by atoms with E-state index in [0.717, 1.165) is 31.2 Å². The number of methoxy groups -OCH3 is 1. The molecule has 0 radical (unpaired) electrons. The number of amides is 1. The van der Waals surface area contributed by atoms with Crippen LogP contribution in [0.15, 0.2) is 24.4 Å². The predicted octanol–water partition coefficient (Wildman–Crippen LogP) is 3.09. The zero-order valence-electron chi connectivity index (χ0n) is 13.4. The van der Waals surface area contributed by atoms with Gasteiger partial charge in [-0.1, -0.05) is 12.1 Å². The first-order valence-corrected chi connectivity index (χ1v) is 8.00. The van der Waals surface area contributed by atoms with Crippen molar-refractivity contribution in [2.45, 2.75) is 44.6 Å². The first-order chi connectivity index (χ1) is 10.6. The van der Waals surface area contributed by atoms with Crippen LogP contribution in [0.2, 0.25) is 0 Å². The molecule has 0 unspecified atom stereocenters. The van der Waals surface area contributed by atoms with Gasteiger partial charge in [0.25, 0.3) is 0 Å². The third kappa shape index (κ3) is 3.02. The third-order valence-electron chi connectivity index (χ3n) is 4.82. The standard InChI is InChI=1S/C18H24N2O2/c1-13-4-5-15-14(12-20-16(15)10-13)6-9-19-17(21)11-18(22-2)7-3-8-18/h4-5,10,12,20H,3,6-9,11H2,1-2H3,(H,19,21). The van der Waals surface area contributed by atoms with Gasteiger partial charge in [0.05, 0.1) is 12.0 Å². The van der Waals surface area contributed by atoms with Crippen molar-refractivity contribution in [3.05, 3.63) is 35.5 Å². The van der Waals surface area contributed by atoms with Crippen molar-refractivity contribution < 1.29 is 9.53 Å². The second-order valence-electron chi connectivity index (χ2n) is 6.38. The van der Waals surface area contributed by atoms with E-state index in [1.54, 1.807) is 7.11 Å². The molecule has 0 bridgehead atoms. The quantitative estimate of drug-likeness (QED) is 0.861. The lowest BCUT2D eigenvalue weighted by Crippen LogP contribution is -2.44. The topological polar surface area (TPSA) is 54.1 Å². The van der Waals surface area contributed by atoms with Gasteiger partial charge >= 0.3 is 0 Å². The molecule has 1 aromatic carbocycles. The van der Waals surface area contributed by atoms with Crippen molar-refractivity contribution in [3.8, 4) is 0 Å². The molecule has 4 nitrogen and oxygen atoms in total. The van der Waals surface area contributed by atoms with Crippen LogP contribution in [0.25, 0.3) is 10.9 Å². The van der Waals surface area contributed by atoms with Gasteiger partial charge in [-0.3, -0.25) is 4.79 Å². The van der Waals surface area contributed by atoms with Crippen LogP contribution in [0.5, 0.6) is 0 Å². The molecular formula is C18H24N2O2. The fraction of sp³-hybridized carbons (Fsp3) is 0.500. The Bertz CT molecular complexity index is 665. The summed E-state index contributed by atoms with van der Waals surface area (Å²) >= 11 is 0. The second-order valence-corrected chi connectivity index (χ2v) is 6.38. The molecule has 0 saturated heterocycles. The summed E-state index contributed by atoms with van der Waals surface area (Å²) in [5, 5.41) is 4.27. The first-order valence-electron chi connectivity index (χ1n) is 8.00. The normalized spacial score (nSPS) is 16.5. The Kier molecular flexibility index (Phi) is 4.21. The summed E-state index contributed by atoms with van der Waals surface area (Å²) in [6, 6.07) is 6.42. The Hall–Kier alpha value is -1.81. The number of aromatic nitrogens is 1. The minimum absolute atomic E-state index is 0.0947. The van der Waals surface area contributed by atoms with Crippen molar-refractivity contribution in [1.82, 2.24) is 10.3 Å². The van der Waals surface area contributed by atoms with Gasteiger partial charge in [-0.2, -0.15) is 0 Å². The number of hydrogen-bond donors (Lipinski definition) is 2. The molecule has 2 N–H and O–H groups in total. The van der Waals surface area contributed by atoms with Crippen molar-refractivity contribution in [2.24, 2.45) is 0 Å². The van der Waals surface area contributed by atoms with Crippen LogP contribution < -0.4 is 5.32 Å². The number of carbonyl (C=O) groups is 1. The number of benzene rings is 1. The minimum atomic E-state index is -0.192. The van der Waals surface area contributed by atoms with Crippen LogP contribution in [0, 0.1) is 6.92 Å². The van der Waals surface area contributed by atoms with Gasteiger partial charge in [-0.25, -0.2) is 0 Å². The fourth-order valence-electron chi connectivity index (χ4n) is 3.22. The van der Waals surface area contributed by atoms with Crippen molar-refractivity contribution in [2.75, 3.05) is 13.7 Å². The molecule has 4 heteroatoms. The first kappa shape index (κ1) is 15.1. The van der Waals surface area contributed by atoms with E-state index in [9.17, 15) is 4.79 Å². The molecular weight excluding hydrogens is 276 g/mol. The SMILES string of the molecule is COC1(CC(=O)NCCc2c[nH]c3cc(C)ccc23)CCC1. The number of rotatable bonds is 6. The maximum atomic E-state index is 12.0. The Labute approximate surface area is 131 Å². The summed E-state index contributed by atoms with van der Waals surface area (Å²) in [7, 11) is 1.71. The number of nitrogens with one attached hydrogen (secondary N) is 2. The lowest BCUT2D eigenvalue weighted by atomic mass is 9.77. The molecule has 1 heterocycles. The molecule has 118 valence electrons. The van der Waals surface area contributed by atoms with Gasteiger partial charge in [-0.05, 0) is 49.8 Å². The summed E-state index contributed by atoms with van der Waals surface area (Å²) in [6.07, 6.45) is 6.53. The number of aromatic amines is 1. The number of fused-ring (bicyclic) bond motifs is 1. The average molecular weight is 300 g/mol. The number of ether oxygens (including phenoxy) is 1. The van der Waals surface area contributed by atoms with Crippen LogP contribution in [0.3, 0.4) is 0 Å². The minimum Gasteiger partial charge on any atom is -0.378 e. The third-order valence-corrected chi connectivity index (χ3v) is 4.82. The largest absolute Gasteiger partial charge is 0.378 e. The maximum absolute atomic E-state index is 12.0. The zero-order valence-corrected chi connectivity index (χ0v) is 13.4. The van der Waals surface area contributed by atoms with Gasteiger partial charge in [0.1, 0.15) is 0 Å². The Morgan fingerprint density at radius 1 is 1.41 bits per heavy atom. The highest BCUT2D eigenvalue weighted by atomic mass is 16.5. The highest BCUT2D eigenvalue weighted by molar-refractivity contribution is 5.84. The zero-order chi connectivity index (χ0) is 15.6. The van der Waals surface area contributed by atoms with Crippen LogP contribution >= 0.6 is 0 Å². The van der Waals surface area contributed by atoms with E-state index < -0.39 is 0 Å². The monoisotopic (exact) mass is 300 g/mol. The van der Waals surface area contributed by atoms with Crippen LogP contribution in [0.4, 0.5) is 0 Å². The number of carbonyl (C=O) groups excluding carboxylic acids is 1. The van der Waals surface area contributed by atoms with Gasteiger partial charge in [-0.15, -0.1) is 0 Å². The smallest absolute Gasteiger partial charge is 0.222 e. The van der Waals surface area contributed by atoms with Crippen LogP contribution in [0.1, 0.15) is 36.8 Å². The van der Waals surface area contributed by atoms with E-state index in [0.29, 0.717) is 13.0 Å². The molecule has 3 rings (SSSR count). The van der Waals surface area contributed by atoms with Gasteiger partial charge in [0.2, 0.25) is 5.91 Å². The van der Waals surface area contributed by atoms with E-state index in [1.165, 1.54) is 16.5 Å². The Morgan fingerprint density at radius 2 is 2.23 bits per heavy atom. The van der Waals surface area contributed by atoms with Crippen LogP contribution in [-0.4, -0.2) is 30.1 Å². The van der Waals surface area contributed by atoms with Crippen molar-refractivity contribution >= 4 is 16.8 Å². The lowest BCUT2D eigenvalue weighted by Gasteiger charge is -2.39. The van der Waals surface area contributed by atoms with Crippen LogP contribution in [-0.2, 0) is 16.0 Å². The molecule has 1 fully saturated rings. The molecule has 1 aromatic heterocycles. The Balaban J connectivity index is 1.53. The van der Waals surface area contributed by atoms with E-state index in [1.807, 2.05) is 6.20 Å². The molecule has 1 amide bonds. The lowest BCUT2D eigenvalue weighted by molar-refractivity contribution is -0.134. The summed E-state index contributed by atoms with van der Waals surface area (Å²) in [6.45, 7) is 2.76. The van der Waals surface area contributed by atoms with Gasteiger partial charge < -0.3 is 15.0 Å². The summed E-state index contributed by atoms with van der Waals surface area (Å²) in [5.74, 6) is 0.0947. The summed E-state index contributed by atoms with van der Waals surface area (Å²) < 4.78 is 5.50. The Morgan fingerprint density at radius 3 is 2.91 bits per heavy atom. The predicted molar refractivity (Wildman–Crippen MR) is 88.0 cm³/mol. The van der Waals surface area contributed by atoms with Gasteiger partial charge in [0, 0.05) is 30.8 Å². The molecule has 1 aliphatic rings. The summed E-state index contributed by atoms with van der Waals surface area (Å²) in [4.78, 5) is 15.3. The van der Waals surface area contributed by atoms with E-state index in [2.05, 4.69) is 35.4 Å². The molecule has 1 saturated carbocycles. The summed E-state index contributed by atoms with van der Waals surface area (Å²) in [5.41, 5.74) is 3.47. The average Bonchev–Trinajstić information content (AvgIpc) is 2.85. The molecule has 0 spiro atoms. The molecule has 1 aliphatic carbocycles. The molecule has 22 heavy (non-hydrogen) atoms. The van der Waals surface area contributed by atoms with E-state index in [-0.39, 0.29) is 11.5 Å². The van der Waals surface area contributed by atoms with Crippen molar-refractivity contribution in [3.63, 3.8) is 0 Å². The van der Waals surface area contributed by atoms with E-state index in [4.69, 9.17) is 4.74 Å². The number of aryl methyl sites for hydroxylation is 1. The fourth-order valence-corrected chi connectivity index (χ4v) is 3.22. The second kappa shape index (κ2) is 6.13. The highest BCUT2D eigenvalue weighted by Crippen LogP contribution is 2.37. The van der Waals surface area contributed by atoms with E-state index >= 15 is 0 Å². The number of hydrogen-bond acceptors (Lipinski definition) is 2. The molecule has 0 aliphatic heterocycles.